The molecule has 2 aromatic rings. The molecule has 1 aliphatic heterocycles. The molecule has 0 radical (unpaired) electrons. The maximum Gasteiger partial charge on any atom is 0.481 e. The lowest BCUT2D eigenvalue weighted by molar-refractivity contribution is -0.137. The zero-order chi connectivity index (χ0) is 46.5. The number of aliphatic hydroxyl groups excluding tert-OH is 2. The molecule has 3 heterocycles. The number of phosphoric acid groups is 3. The third kappa shape index (κ3) is 17.7. The number of unbranched alkanes of at least 4 members (excludes halogenated alkanes) is 1. The Morgan fingerprint density at radius 2 is 1.68 bits per heavy atom. The van der Waals surface area contributed by atoms with Crippen LogP contribution in [0.2, 0.25) is 0 Å². The highest BCUT2D eigenvalue weighted by Gasteiger charge is 2.50. The standard InChI is InChI=1S/C30H51N8O19P3S2/c1-30(2,24(43)27(44)34-8-6-19(39)33-9-12-62-29(45)17(31)7-11-61-10-4-3-5-20(40)41)14-54-60(51,52)57-59(49,50)53-13-18-23(56-58(46,47)48)22(42)28(55-18)38-16-37-21-25(32)35-15-36-26(21)38/h15-18,22-24,28,42-43H,3-14,31H2,1-2H3,(H,33,39)(H,34,44)(H,40,41)(H,49,50)(H,51,52)(H2,32,35,36)(H2,46,47,48). The molecule has 3 rings (SSSR count). The van der Waals surface area contributed by atoms with E-state index in [-0.39, 0.29) is 53.8 Å². The van der Waals surface area contributed by atoms with Crippen LogP contribution in [-0.4, -0.2) is 151 Å². The summed E-state index contributed by atoms with van der Waals surface area (Å²) in [6.45, 7) is 0.299. The molecule has 13 N–H and O–H groups in total. The second-order valence-corrected chi connectivity index (χ2v) is 20.7. The second kappa shape index (κ2) is 24.0. The highest BCUT2D eigenvalue weighted by molar-refractivity contribution is 8.13. The van der Waals surface area contributed by atoms with Crippen molar-refractivity contribution < 1.29 is 90.4 Å². The zero-order valence-electron chi connectivity index (χ0n) is 33.2. The number of nitrogens with two attached hydrogens (primary N) is 2. The number of aliphatic carboxylic acids is 1. The normalized spacial score (nSPS) is 21.2. The minimum atomic E-state index is -5.59. The number of aliphatic hydroxyl groups is 2. The molecular weight excluding hydrogens is 933 g/mol. The number of imidazole rings is 1. The van der Waals surface area contributed by atoms with Crippen molar-refractivity contribution in [2.24, 2.45) is 11.1 Å². The van der Waals surface area contributed by atoms with Crippen LogP contribution in [0.4, 0.5) is 5.82 Å². The van der Waals surface area contributed by atoms with E-state index in [1.807, 2.05) is 0 Å². The Morgan fingerprint density at radius 1 is 0.984 bits per heavy atom. The summed E-state index contributed by atoms with van der Waals surface area (Å²) in [6.07, 6.45) is -5.18. The third-order valence-corrected chi connectivity index (χ3v) is 13.7. The van der Waals surface area contributed by atoms with Crippen LogP contribution in [0.5, 0.6) is 0 Å². The molecule has 352 valence electrons. The number of hydrogen-bond acceptors (Lipinski definition) is 21. The zero-order valence-corrected chi connectivity index (χ0v) is 37.6. The summed E-state index contributed by atoms with van der Waals surface area (Å²) < 4.78 is 62.2. The van der Waals surface area contributed by atoms with Crippen molar-refractivity contribution in [3.63, 3.8) is 0 Å². The maximum atomic E-state index is 12.7. The largest absolute Gasteiger partial charge is 0.481 e. The van der Waals surface area contributed by atoms with E-state index >= 15 is 0 Å². The predicted octanol–water partition coefficient (Wildman–Crippen LogP) is -0.630. The van der Waals surface area contributed by atoms with Gasteiger partial charge >= 0.3 is 29.4 Å². The Balaban J connectivity index is 1.40. The molecule has 0 spiro atoms. The minimum absolute atomic E-state index is 0.0212. The maximum absolute atomic E-state index is 12.7. The van der Waals surface area contributed by atoms with Gasteiger partial charge in [0, 0.05) is 37.1 Å². The quantitative estimate of drug-likeness (QED) is 0.0373. The van der Waals surface area contributed by atoms with E-state index < -0.39 is 96.6 Å². The van der Waals surface area contributed by atoms with Gasteiger partial charge in [0.25, 0.3) is 0 Å². The number of nitrogens with one attached hydrogen (secondary N) is 2. The van der Waals surface area contributed by atoms with Gasteiger partial charge in [-0.25, -0.2) is 28.6 Å². The molecule has 2 amide bonds. The highest BCUT2D eigenvalue weighted by Crippen LogP contribution is 2.61. The van der Waals surface area contributed by atoms with E-state index in [4.69, 9.17) is 30.4 Å². The van der Waals surface area contributed by atoms with E-state index in [9.17, 15) is 62.7 Å². The van der Waals surface area contributed by atoms with Crippen LogP contribution in [-0.2, 0) is 55.5 Å². The van der Waals surface area contributed by atoms with Gasteiger partial charge in [0.2, 0.25) is 16.9 Å². The van der Waals surface area contributed by atoms with E-state index in [2.05, 4.69) is 34.4 Å². The molecule has 2 aromatic heterocycles. The number of thioether (sulfide) groups is 2. The lowest BCUT2D eigenvalue weighted by Crippen LogP contribution is -2.46. The molecule has 8 unspecified atom stereocenters. The molecule has 27 nitrogen and oxygen atoms in total. The fraction of sp³-hybridized carbons (Fsp3) is 0.700. The first-order valence-electron chi connectivity index (χ1n) is 18.4. The van der Waals surface area contributed by atoms with Crippen LogP contribution in [0, 0.1) is 5.41 Å². The monoisotopic (exact) mass is 984 g/mol. The summed E-state index contributed by atoms with van der Waals surface area (Å²) >= 11 is 2.53. The topological polar surface area (TPSA) is 427 Å². The van der Waals surface area contributed by atoms with Crippen molar-refractivity contribution in [2.45, 2.75) is 82.6 Å². The molecule has 0 saturated carbocycles. The number of carboxylic acids is 1. The fourth-order valence-electron chi connectivity index (χ4n) is 5.30. The Labute approximate surface area is 362 Å². The van der Waals surface area contributed by atoms with E-state index in [0.29, 0.717) is 18.6 Å². The predicted molar refractivity (Wildman–Crippen MR) is 219 cm³/mol. The number of aromatic nitrogens is 4. The first kappa shape index (κ1) is 53.7. The van der Waals surface area contributed by atoms with Gasteiger partial charge < -0.3 is 61.7 Å². The highest BCUT2D eigenvalue weighted by atomic mass is 32.2. The SMILES string of the molecule is CC(C)(COP(=O)(O)OP(=O)(O)OCC1OC(n2cnc3c(N)ncnc32)C(O)C1OP(=O)(O)O)C(O)C(=O)NCCC(=O)NCCSC(=O)C(N)CCSCCCCC(=O)O. The lowest BCUT2D eigenvalue weighted by atomic mass is 9.87. The Morgan fingerprint density at radius 3 is 2.35 bits per heavy atom. The lowest BCUT2D eigenvalue weighted by Gasteiger charge is -2.30. The number of amides is 2. The Bertz CT molecular complexity index is 2000. The molecule has 1 aliphatic rings. The minimum Gasteiger partial charge on any atom is -0.481 e. The number of ether oxygens (including phenoxy) is 1. The van der Waals surface area contributed by atoms with Crippen molar-refractivity contribution in [3.8, 4) is 0 Å². The number of hydrogen-bond donors (Lipinski definition) is 11. The first-order chi connectivity index (χ1) is 28.8. The summed E-state index contributed by atoms with van der Waals surface area (Å²) in [5.41, 5.74) is 10.1. The van der Waals surface area contributed by atoms with Crippen molar-refractivity contribution in [1.82, 2.24) is 30.2 Å². The molecule has 1 saturated heterocycles. The second-order valence-electron chi connectivity index (χ2n) is 14.1. The van der Waals surface area contributed by atoms with Gasteiger partial charge in [0.05, 0.1) is 25.6 Å². The van der Waals surface area contributed by atoms with Crippen LogP contribution >= 0.6 is 47.0 Å². The average molecular weight is 985 g/mol. The third-order valence-electron chi connectivity index (χ3n) is 8.55. The van der Waals surface area contributed by atoms with Gasteiger partial charge in [-0.1, -0.05) is 25.6 Å². The molecular formula is C30H51N8O19P3S2. The number of fused-ring (bicyclic) bond motifs is 1. The van der Waals surface area contributed by atoms with Gasteiger partial charge in [-0.3, -0.25) is 37.3 Å². The number of phosphoric ester groups is 3. The van der Waals surface area contributed by atoms with Crippen LogP contribution in [0.15, 0.2) is 12.7 Å². The Hall–Kier alpha value is -2.66. The summed E-state index contributed by atoms with van der Waals surface area (Å²) in [5.74, 6) is -0.743. The van der Waals surface area contributed by atoms with Gasteiger partial charge in [-0.05, 0) is 30.8 Å². The van der Waals surface area contributed by atoms with Crippen molar-refractivity contribution >= 4 is 86.9 Å². The summed E-state index contributed by atoms with van der Waals surface area (Å²) in [6, 6.07) is -0.695. The molecule has 62 heavy (non-hydrogen) atoms. The van der Waals surface area contributed by atoms with Gasteiger partial charge in [0.15, 0.2) is 17.7 Å². The van der Waals surface area contributed by atoms with Crippen LogP contribution in [0.1, 0.15) is 52.2 Å². The smallest absolute Gasteiger partial charge is 0.481 e. The van der Waals surface area contributed by atoms with Crippen LogP contribution in [0.25, 0.3) is 11.2 Å². The number of nitrogen functional groups attached to an aromatic ring is 1. The van der Waals surface area contributed by atoms with E-state index in [1.54, 1.807) is 11.8 Å². The average Bonchev–Trinajstić information content (AvgIpc) is 3.73. The molecule has 0 bridgehead atoms. The first-order valence-corrected chi connectivity index (χ1v) is 25.1. The molecule has 0 aliphatic carbocycles. The van der Waals surface area contributed by atoms with Gasteiger partial charge in [-0.15, -0.1) is 0 Å². The van der Waals surface area contributed by atoms with Crippen LogP contribution in [0.3, 0.4) is 0 Å². The summed E-state index contributed by atoms with van der Waals surface area (Å²) in [5, 5.41) is 34.8. The molecule has 32 heteroatoms. The van der Waals surface area contributed by atoms with E-state index in [0.717, 1.165) is 41.2 Å². The number of anilines is 1. The van der Waals surface area contributed by atoms with Gasteiger partial charge in [-0.2, -0.15) is 16.1 Å². The Kier molecular flexibility index (Phi) is 20.8. The summed E-state index contributed by atoms with van der Waals surface area (Å²) in [7, 11) is -16.5. The van der Waals surface area contributed by atoms with Crippen molar-refractivity contribution in [3.05, 3.63) is 12.7 Å². The number of rotatable bonds is 28. The number of carboxylic acid groups (broad SMARTS) is 1. The van der Waals surface area contributed by atoms with Crippen molar-refractivity contribution in [1.29, 1.82) is 0 Å². The van der Waals surface area contributed by atoms with Crippen LogP contribution < -0.4 is 22.1 Å². The number of nitrogens with zero attached hydrogens (tertiary/aromatic N) is 4. The molecule has 1 fully saturated rings. The van der Waals surface area contributed by atoms with Crippen molar-refractivity contribution in [2.75, 3.05) is 49.3 Å². The number of carbonyl (C=O) groups is 4. The molecule has 0 aromatic carbocycles. The van der Waals surface area contributed by atoms with E-state index in [1.165, 1.54) is 13.8 Å². The molecule has 8 atom stereocenters. The fourth-order valence-corrected chi connectivity index (χ4v) is 9.90. The van der Waals surface area contributed by atoms with Gasteiger partial charge in [0.1, 0.15) is 36.3 Å². The number of carbonyl (C=O) groups excluding carboxylic acids is 3. The summed E-state index contributed by atoms with van der Waals surface area (Å²) in [4.78, 5) is 98.6.